The average Bonchev–Trinajstić information content (AvgIpc) is 2.78. The summed E-state index contributed by atoms with van der Waals surface area (Å²) in [6.07, 6.45) is 1.50. The third-order valence-electron chi connectivity index (χ3n) is 4.69. The number of sulfonamides is 1. The zero-order valence-electron chi connectivity index (χ0n) is 17.1. The molecule has 7 heteroatoms. The van der Waals surface area contributed by atoms with Crippen molar-refractivity contribution < 1.29 is 13.2 Å². The number of amides is 1. The van der Waals surface area contributed by atoms with E-state index in [9.17, 15) is 13.2 Å². The topological polar surface area (TPSA) is 57.7 Å². The van der Waals surface area contributed by atoms with E-state index >= 15 is 0 Å². The van der Waals surface area contributed by atoms with Crippen LogP contribution < -0.4 is 4.31 Å². The van der Waals surface area contributed by atoms with Crippen molar-refractivity contribution in [2.45, 2.75) is 11.4 Å². The van der Waals surface area contributed by atoms with Crippen LogP contribution in [0.3, 0.4) is 0 Å². The number of carbonyl (C=O) groups is 1. The predicted octanol–water partition coefficient (Wildman–Crippen LogP) is 4.99. The van der Waals surface area contributed by atoms with E-state index in [1.165, 1.54) is 33.5 Å². The summed E-state index contributed by atoms with van der Waals surface area (Å²) in [6.45, 7) is 4.13. The number of hydrogen-bond acceptors (Lipinski definition) is 3. The first-order valence-electron chi connectivity index (χ1n) is 9.62. The van der Waals surface area contributed by atoms with Crippen molar-refractivity contribution in [3.05, 3.63) is 108 Å². The molecular weight excluding hydrogens is 432 g/mol. The third kappa shape index (κ3) is 5.16. The Kier molecular flexibility index (Phi) is 7.15. The van der Waals surface area contributed by atoms with Crippen LogP contribution in [0.1, 0.15) is 15.9 Å². The first-order valence-corrected chi connectivity index (χ1v) is 11.4. The van der Waals surface area contributed by atoms with Gasteiger partial charge in [-0.2, -0.15) is 0 Å². The molecule has 160 valence electrons. The van der Waals surface area contributed by atoms with Gasteiger partial charge in [0.05, 0.1) is 17.3 Å². The van der Waals surface area contributed by atoms with Crippen LogP contribution in [-0.4, -0.2) is 32.8 Å². The second kappa shape index (κ2) is 9.81. The van der Waals surface area contributed by atoms with Gasteiger partial charge in [0.15, 0.2) is 0 Å². The van der Waals surface area contributed by atoms with E-state index in [-0.39, 0.29) is 27.9 Å². The maximum atomic E-state index is 13.4. The van der Waals surface area contributed by atoms with E-state index < -0.39 is 10.0 Å². The molecule has 0 aliphatic rings. The number of benzene rings is 3. The number of halogens is 1. The summed E-state index contributed by atoms with van der Waals surface area (Å²) in [6, 6.07) is 22.6. The van der Waals surface area contributed by atoms with Gasteiger partial charge in [-0.25, -0.2) is 8.42 Å². The summed E-state index contributed by atoms with van der Waals surface area (Å²) in [4.78, 5) is 14.4. The van der Waals surface area contributed by atoms with E-state index in [1.807, 2.05) is 30.3 Å². The lowest BCUT2D eigenvalue weighted by Crippen LogP contribution is -2.32. The highest BCUT2D eigenvalue weighted by Crippen LogP contribution is 2.29. The number of anilines is 1. The minimum atomic E-state index is -4.03. The zero-order chi connectivity index (χ0) is 22.4. The average molecular weight is 455 g/mol. The highest BCUT2D eigenvalue weighted by atomic mass is 35.5. The van der Waals surface area contributed by atoms with E-state index in [0.29, 0.717) is 12.2 Å². The molecule has 0 atom stereocenters. The number of hydrogen-bond donors (Lipinski definition) is 0. The Labute approximate surface area is 188 Å². The van der Waals surface area contributed by atoms with Crippen molar-refractivity contribution >= 4 is 33.2 Å². The molecule has 0 saturated carbocycles. The highest BCUT2D eigenvalue weighted by Gasteiger charge is 2.28. The molecule has 0 N–H and O–H groups in total. The monoisotopic (exact) mass is 454 g/mol. The Hall–Kier alpha value is -3.09. The molecule has 0 radical (unpaired) electrons. The van der Waals surface area contributed by atoms with Gasteiger partial charge in [0, 0.05) is 19.2 Å². The maximum absolute atomic E-state index is 13.4. The van der Waals surface area contributed by atoms with Gasteiger partial charge >= 0.3 is 0 Å². The molecule has 3 aromatic carbocycles. The van der Waals surface area contributed by atoms with Gasteiger partial charge < -0.3 is 4.90 Å². The SMILES string of the molecule is C=CCN(c1ccccc1)S(=O)(=O)c1cc(C(=O)N(C)Cc2ccccc2)ccc1Cl. The predicted molar refractivity (Wildman–Crippen MR) is 125 cm³/mol. The quantitative estimate of drug-likeness (QED) is 0.450. The molecule has 3 rings (SSSR count). The molecule has 0 bridgehead atoms. The molecule has 0 aromatic heterocycles. The molecule has 0 aliphatic heterocycles. The Bertz CT molecular complexity index is 1170. The lowest BCUT2D eigenvalue weighted by Gasteiger charge is -2.24. The molecule has 31 heavy (non-hydrogen) atoms. The molecule has 0 heterocycles. The molecule has 0 spiro atoms. The van der Waals surface area contributed by atoms with Gasteiger partial charge in [0.2, 0.25) is 0 Å². The van der Waals surface area contributed by atoms with E-state index in [4.69, 9.17) is 11.6 Å². The van der Waals surface area contributed by atoms with Crippen molar-refractivity contribution in [3.63, 3.8) is 0 Å². The molecule has 1 amide bonds. The van der Waals surface area contributed by atoms with Crippen molar-refractivity contribution in [2.24, 2.45) is 0 Å². The molecule has 0 aliphatic carbocycles. The van der Waals surface area contributed by atoms with Gasteiger partial charge in [-0.15, -0.1) is 6.58 Å². The fraction of sp³-hybridized carbons (Fsp3) is 0.125. The Balaban J connectivity index is 1.95. The van der Waals surface area contributed by atoms with E-state index in [2.05, 4.69) is 6.58 Å². The van der Waals surface area contributed by atoms with Crippen molar-refractivity contribution in [1.29, 1.82) is 0 Å². The Morgan fingerprint density at radius 2 is 1.61 bits per heavy atom. The number of carbonyl (C=O) groups excluding carboxylic acids is 1. The largest absolute Gasteiger partial charge is 0.337 e. The van der Waals surface area contributed by atoms with Crippen LogP contribution in [0.2, 0.25) is 5.02 Å². The fourth-order valence-electron chi connectivity index (χ4n) is 3.16. The van der Waals surface area contributed by atoms with Gasteiger partial charge in [-0.3, -0.25) is 9.10 Å². The van der Waals surface area contributed by atoms with Gasteiger partial charge in [-0.05, 0) is 35.9 Å². The molecule has 0 fully saturated rings. The highest BCUT2D eigenvalue weighted by molar-refractivity contribution is 7.93. The lowest BCUT2D eigenvalue weighted by molar-refractivity contribution is 0.0785. The summed E-state index contributed by atoms with van der Waals surface area (Å²) in [5.74, 6) is -0.299. The Morgan fingerprint density at radius 3 is 2.23 bits per heavy atom. The number of nitrogens with zero attached hydrogens (tertiary/aromatic N) is 2. The summed E-state index contributed by atoms with van der Waals surface area (Å²) < 4.78 is 28.1. The summed E-state index contributed by atoms with van der Waals surface area (Å²) in [5.41, 5.74) is 1.70. The minimum Gasteiger partial charge on any atom is -0.337 e. The van der Waals surface area contributed by atoms with Crippen LogP contribution >= 0.6 is 11.6 Å². The van der Waals surface area contributed by atoms with Crippen LogP contribution in [0.4, 0.5) is 5.69 Å². The third-order valence-corrected chi connectivity index (χ3v) is 6.97. The molecule has 3 aromatic rings. The van der Waals surface area contributed by atoms with Gasteiger partial charge in [0.25, 0.3) is 15.9 Å². The van der Waals surface area contributed by atoms with Crippen LogP contribution in [0.5, 0.6) is 0 Å². The van der Waals surface area contributed by atoms with Crippen molar-refractivity contribution in [1.82, 2.24) is 4.90 Å². The molecule has 5 nitrogen and oxygen atoms in total. The molecular formula is C24H23ClN2O3S. The van der Waals surface area contributed by atoms with Crippen molar-refractivity contribution in [2.75, 3.05) is 17.9 Å². The van der Waals surface area contributed by atoms with Crippen molar-refractivity contribution in [3.8, 4) is 0 Å². The first kappa shape index (κ1) is 22.6. The van der Waals surface area contributed by atoms with Gasteiger partial charge in [-0.1, -0.05) is 66.2 Å². The Morgan fingerprint density at radius 1 is 1.00 bits per heavy atom. The van der Waals surface area contributed by atoms with Gasteiger partial charge in [0.1, 0.15) is 4.90 Å². The second-order valence-electron chi connectivity index (χ2n) is 6.95. The summed E-state index contributed by atoms with van der Waals surface area (Å²) >= 11 is 6.27. The van der Waals surface area contributed by atoms with E-state index in [1.54, 1.807) is 37.4 Å². The first-order chi connectivity index (χ1) is 14.8. The van der Waals surface area contributed by atoms with Crippen LogP contribution in [0.25, 0.3) is 0 Å². The standard InChI is InChI=1S/C24H23ClN2O3S/c1-3-16-27(21-12-8-5-9-13-21)31(29,30)23-17-20(14-15-22(23)25)24(28)26(2)18-19-10-6-4-7-11-19/h3-15,17H,1,16,18H2,2H3. The lowest BCUT2D eigenvalue weighted by atomic mass is 10.1. The molecule has 0 unspecified atom stereocenters. The minimum absolute atomic E-state index is 0.0484. The number of rotatable bonds is 8. The van der Waals surface area contributed by atoms with Crippen LogP contribution in [0, 0.1) is 0 Å². The van der Waals surface area contributed by atoms with Crippen LogP contribution in [0.15, 0.2) is 96.4 Å². The normalized spacial score (nSPS) is 11.0. The summed E-state index contributed by atoms with van der Waals surface area (Å²) in [5, 5.41) is 0.0484. The van der Waals surface area contributed by atoms with E-state index in [0.717, 1.165) is 5.56 Å². The molecule has 0 saturated heterocycles. The smallest absolute Gasteiger partial charge is 0.266 e. The fourth-order valence-corrected chi connectivity index (χ4v) is 5.09. The summed E-state index contributed by atoms with van der Waals surface area (Å²) in [7, 11) is -2.36. The second-order valence-corrected chi connectivity index (χ2v) is 9.19. The zero-order valence-corrected chi connectivity index (χ0v) is 18.7. The maximum Gasteiger partial charge on any atom is 0.266 e. The van der Waals surface area contributed by atoms with Crippen LogP contribution in [-0.2, 0) is 16.6 Å². The number of para-hydroxylation sites is 1.